The molecule has 1 fully saturated rings. The number of benzene rings is 2. The van der Waals surface area contributed by atoms with Gasteiger partial charge in [-0.05, 0) is 73.2 Å². The van der Waals surface area contributed by atoms with Crippen molar-refractivity contribution in [3.05, 3.63) is 71.3 Å². The highest BCUT2D eigenvalue weighted by Crippen LogP contribution is 2.38. The van der Waals surface area contributed by atoms with Crippen LogP contribution in [-0.4, -0.2) is 43.5 Å². The third kappa shape index (κ3) is 8.75. The van der Waals surface area contributed by atoms with E-state index < -0.39 is 29.7 Å². The van der Waals surface area contributed by atoms with Crippen molar-refractivity contribution in [3.8, 4) is 17.6 Å². The predicted molar refractivity (Wildman–Crippen MR) is 156 cm³/mol. The van der Waals surface area contributed by atoms with Crippen LogP contribution in [0.5, 0.6) is 5.75 Å². The number of carbonyl (C=O) groups is 2. The van der Waals surface area contributed by atoms with Gasteiger partial charge < -0.3 is 30.4 Å². The van der Waals surface area contributed by atoms with Gasteiger partial charge in [-0.25, -0.2) is 4.79 Å². The monoisotopic (exact) mass is 560 g/mol. The molecule has 1 spiro atoms. The fraction of sp³-hybridized carbons (Fsp3) is 0.455. The first-order valence-electron chi connectivity index (χ1n) is 14.3. The van der Waals surface area contributed by atoms with Crippen LogP contribution < -0.4 is 16.2 Å². The number of hydrogen-bond acceptors (Lipinski definition) is 8. The molecule has 0 aromatic heterocycles. The zero-order valence-corrected chi connectivity index (χ0v) is 23.7. The van der Waals surface area contributed by atoms with Gasteiger partial charge in [0.05, 0.1) is 25.6 Å². The third-order valence-corrected chi connectivity index (χ3v) is 7.41. The largest absolute Gasteiger partial charge is 0.489 e. The van der Waals surface area contributed by atoms with Crippen molar-refractivity contribution in [1.82, 2.24) is 0 Å². The number of rotatable bonds is 12. The number of carbonyl (C=O) groups excluding carboxylic acids is 2. The molecule has 2 aliphatic rings. The summed E-state index contributed by atoms with van der Waals surface area (Å²) in [4.78, 5) is 24.6. The maximum atomic E-state index is 12.5. The number of unbranched alkanes of at least 4 members (excludes halogenated alkanes) is 1. The molecule has 4 N–H and O–H groups in total. The topological polar surface area (TPSA) is 123 Å². The molecule has 1 heterocycles. The van der Waals surface area contributed by atoms with Gasteiger partial charge >= 0.3 is 11.9 Å². The molecule has 2 aromatic rings. The third-order valence-electron chi connectivity index (χ3n) is 7.41. The van der Waals surface area contributed by atoms with E-state index in [2.05, 4.69) is 42.2 Å². The minimum absolute atomic E-state index is 0.0513. The van der Waals surface area contributed by atoms with Crippen LogP contribution in [0.1, 0.15) is 74.5 Å². The second kappa shape index (κ2) is 14.9. The summed E-state index contributed by atoms with van der Waals surface area (Å²) in [5.41, 5.74) is 15.7. The summed E-state index contributed by atoms with van der Waals surface area (Å²) >= 11 is 0. The van der Waals surface area contributed by atoms with Gasteiger partial charge in [0, 0.05) is 12.8 Å². The summed E-state index contributed by atoms with van der Waals surface area (Å²) in [6.07, 6.45) is 6.63. The van der Waals surface area contributed by atoms with Crippen LogP contribution in [0.15, 0.2) is 54.6 Å². The quantitative estimate of drug-likeness (QED) is 0.167. The standard InChI is InChI=1S/C33H40N2O6/c1-2-6-27(22-31(36)41-32(37)30(35)9-3-4-18-34)25-10-12-29(13-11-25)38-23-24-7-5-8-28(21-24)26-14-16-33(17-15-26)39-19-20-40-33/h5,7-8,10-14,21,27,30H,3-4,9,15-20,22-23,34-35H2,1H3/t27-,30-/m0/s1. The van der Waals surface area contributed by atoms with Crippen molar-refractivity contribution in [3.63, 3.8) is 0 Å². The molecule has 0 radical (unpaired) electrons. The average Bonchev–Trinajstić information content (AvgIpc) is 3.44. The number of nitrogens with two attached hydrogens (primary N) is 2. The lowest BCUT2D eigenvalue weighted by molar-refractivity contribution is -0.161. The molecule has 1 aliphatic carbocycles. The van der Waals surface area contributed by atoms with Gasteiger partial charge in [0.2, 0.25) is 0 Å². The lowest BCUT2D eigenvalue weighted by Gasteiger charge is -2.30. The Bertz CT molecular complexity index is 1270. The molecule has 8 nitrogen and oxygen atoms in total. The van der Waals surface area contributed by atoms with E-state index in [1.54, 1.807) is 6.92 Å². The smallest absolute Gasteiger partial charge is 0.330 e. The molecule has 0 saturated carbocycles. The van der Waals surface area contributed by atoms with Gasteiger partial charge in [-0.3, -0.25) is 4.79 Å². The summed E-state index contributed by atoms with van der Waals surface area (Å²) in [6.45, 7) is 4.00. The molecule has 0 unspecified atom stereocenters. The van der Waals surface area contributed by atoms with Gasteiger partial charge in [0.1, 0.15) is 18.4 Å². The molecular weight excluding hydrogens is 520 g/mol. The fourth-order valence-corrected chi connectivity index (χ4v) is 5.10. The van der Waals surface area contributed by atoms with E-state index in [0.717, 1.165) is 36.8 Å². The van der Waals surface area contributed by atoms with Crippen LogP contribution in [0.3, 0.4) is 0 Å². The van der Waals surface area contributed by atoms with E-state index >= 15 is 0 Å². The lowest BCUT2D eigenvalue weighted by Crippen LogP contribution is -2.34. The molecule has 0 amide bonds. The molecule has 41 heavy (non-hydrogen) atoms. The Hall–Kier alpha value is -3.48. The number of esters is 2. The maximum absolute atomic E-state index is 12.5. The molecule has 8 heteroatoms. The SMILES string of the molecule is CC#C[C@@H](CC(=O)OC(=O)[C@@H](N)CCCCN)c1ccc(OCc2cccc(C3=CCC4(CC3)OCCO4)c2)cc1. The normalized spacial score (nSPS) is 17.2. The highest BCUT2D eigenvalue weighted by atomic mass is 16.7. The molecule has 2 atom stereocenters. The first-order chi connectivity index (χ1) is 19.9. The summed E-state index contributed by atoms with van der Waals surface area (Å²) in [5.74, 6) is 4.40. The zero-order chi connectivity index (χ0) is 29.1. The van der Waals surface area contributed by atoms with Crippen molar-refractivity contribution in [2.45, 2.75) is 76.2 Å². The molecule has 1 saturated heterocycles. The second-order valence-corrected chi connectivity index (χ2v) is 10.4. The van der Waals surface area contributed by atoms with E-state index in [4.69, 9.17) is 30.4 Å². The van der Waals surface area contributed by atoms with Gasteiger partial charge in [0.25, 0.3) is 0 Å². The van der Waals surface area contributed by atoms with Crippen molar-refractivity contribution in [1.29, 1.82) is 0 Å². The van der Waals surface area contributed by atoms with E-state index in [-0.39, 0.29) is 6.42 Å². The molecular formula is C33H40N2O6. The number of ether oxygens (including phenoxy) is 4. The van der Waals surface area contributed by atoms with Gasteiger partial charge in [-0.1, -0.05) is 48.7 Å². The second-order valence-electron chi connectivity index (χ2n) is 10.4. The van der Waals surface area contributed by atoms with Crippen LogP contribution in [0, 0.1) is 11.8 Å². The molecule has 0 bridgehead atoms. The van der Waals surface area contributed by atoms with Crippen molar-refractivity contribution in [2.75, 3.05) is 19.8 Å². The van der Waals surface area contributed by atoms with Crippen molar-refractivity contribution in [2.24, 2.45) is 11.5 Å². The number of allylic oxidation sites excluding steroid dienone is 1. The van der Waals surface area contributed by atoms with Crippen molar-refractivity contribution >= 4 is 17.5 Å². The predicted octanol–water partition coefficient (Wildman–Crippen LogP) is 4.60. The Kier molecular flexibility index (Phi) is 11.1. The summed E-state index contributed by atoms with van der Waals surface area (Å²) < 4.78 is 22.7. The van der Waals surface area contributed by atoms with Gasteiger partial charge in [-0.15, -0.1) is 5.92 Å². The number of hydrogen-bond donors (Lipinski definition) is 2. The minimum Gasteiger partial charge on any atom is -0.489 e. The van der Waals surface area contributed by atoms with Crippen LogP contribution in [-0.2, 0) is 30.4 Å². The molecule has 1 aliphatic heterocycles. The molecule has 218 valence electrons. The summed E-state index contributed by atoms with van der Waals surface area (Å²) in [5, 5.41) is 0. The van der Waals surface area contributed by atoms with E-state index in [0.29, 0.717) is 45.0 Å². The highest BCUT2D eigenvalue weighted by Gasteiger charge is 2.37. The van der Waals surface area contributed by atoms with Gasteiger partial charge in [-0.2, -0.15) is 0 Å². The molecule has 2 aromatic carbocycles. The maximum Gasteiger partial charge on any atom is 0.330 e. The van der Waals surface area contributed by atoms with Crippen LogP contribution in [0.4, 0.5) is 0 Å². The Labute approximate surface area is 242 Å². The Morgan fingerprint density at radius 1 is 1.10 bits per heavy atom. The Morgan fingerprint density at radius 2 is 1.88 bits per heavy atom. The zero-order valence-electron chi connectivity index (χ0n) is 23.7. The van der Waals surface area contributed by atoms with Crippen LogP contribution >= 0.6 is 0 Å². The Balaban J connectivity index is 1.30. The van der Waals surface area contributed by atoms with E-state index in [1.165, 1.54) is 11.1 Å². The molecule has 4 rings (SSSR count). The summed E-state index contributed by atoms with van der Waals surface area (Å²) in [6, 6.07) is 15.0. The minimum atomic E-state index is -0.842. The first kappa shape index (κ1) is 30.5. The van der Waals surface area contributed by atoms with E-state index in [9.17, 15) is 9.59 Å². The van der Waals surface area contributed by atoms with Gasteiger partial charge in [0.15, 0.2) is 5.79 Å². The van der Waals surface area contributed by atoms with E-state index in [1.807, 2.05) is 24.3 Å². The fourth-order valence-electron chi connectivity index (χ4n) is 5.10. The highest BCUT2D eigenvalue weighted by molar-refractivity contribution is 5.88. The lowest BCUT2D eigenvalue weighted by atomic mass is 9.89. The average molecular weight is 561 g/mol. The Morgan fingerprint density at radius 3 is 2.56 bits per heavy atom. The first-order valence-corrected chi connectivity index (χ1v) is 14.3. The van der Waals surface area contributed by atoms with Crippen LogP contribution in [0.25, 0.3) is 5.57 Å². The van der Waals surface area contributed by atoms with Crippen LogP contribution in [0.2, 0.25) is 0 Å². The summed E-state index contributed by atoms with van der Waals surface area (Å²) in [7, 11) is 0. The van der Waals surface area contributed by atoms with Crippen molar-refractivity contribution < 1.29 is 28.5 Å².